The van der Waals surface area contributed by atoms with Crippen LogP contribution < -0.4 is 5.32 Å². The van der Waals surface area contributed by atoms with E-state index < -0.39 is 5.91 Å². The lowest BCUT2D eigenvalue weighted by Gasteiger charge is -2.19. The van der Waals surface area contributed by atoms with Crippen molar-refractivity contribution < 1.29 is 19.4 Å². The lowest BCUT2D eigenvalue weighted by atomic mass is 10.0. The van der Waals surface area contributed by atoms with Gasteiger partial charge < -0.3 is 19.9 Å². The highest BCUT2D eigenvalue weighted by Crippen LogP contribution is 2.26. The van der Waals surface area contributed by atoms with Gasteiger partial charge in [-0.05, 0) is 12.0 Å². The van der Waals surface area contributed by atoms with Crippen LogP contribution in [-0.4, -0.2) is 28.8 Å². The molecule has 0 spiro atoms. The monoisotopic (exact) mass is 277 g/mol. The van der Waals surface area contributed by atoms with E-state index in [-0.39, 0.29) is 30.9 Å². The SMILES string of the molecule is CC(C)[C@@H](CO)NC(=O)c1oc2ccccc2c1CO. The number of amides is 1. The number of aliphatic hydroxyl groups excluding tert-OH is 2. The smallest absolute Gasteiger partial charge is 0.287 e. The number of para-hydroxylation sites is 1. The second kappa shape index (κ2) is 6.07. The molecule has 0 aliphatic heterocycles. The Kier molecular flexibility index (Phi) is 4.42. The highest BCUT2D eigenvalue weighted by Gasteiger charge is 2.23. The van der Waals surface area contributed by atoms with Gasteiger partial charge in [0.15, 0.2) is 5.76 Å². The Morgan fingerprint density at radius 2 is 2.00 bits per heavy atom. The number of benzene rings is 1. The van der Waals surface area contributed by atoms with Gasteiger partial charge in [-0.3, -0.25) is 4.79 Å². The summed E-state index contributed by atoms with van der Waals surface area (Å²) in [4.78, 5) is 12.2. The minimum atomic E-state index is -0.419. The summed E-state index contributed by atoms with van der Waals surface area (Å²) in [6.45, 7) is 3.41. The van der Waals surface area contributed by atoms with Gasteiger partial charge >= 0.3 is 0 Å². The van der Waals surface area contributed by atoms with Crippen LogP contribution in [0.25, 0.3) is 11.0 Å². The third-order valence-corrected chi connectivity index (χ3v) is 3.38. The van der Waals surface area contributed by atoms with Crippen LogP contribution in [0.4, 0.5) is 0 Å². The zero-order chi connectivity index (χ0) is 14.7. The van der Waals surface area contributed by atoms with Gasteiger partial charge in [-0.15, -0.1) is 0 Å². The second-order valence-electron chi connectivity index (χ2n) is 5.07. The summed E-state index contributed by atoms with van der Waals surface area (Å²) < 4.78 is 5.52. The molecule has 2 aromatic rings. The Labute approximate surface area is 117 Å². The van der Waals surface area contributed by atoms with Gasteiger partial charge in [-0.2, -0.15) is 0 Å². The fraction of sp³-hybridized carbons (Fsp3) is 0.400. The molecule has 1 aromatic heterocycles. The van der Waals surface area contributed by atoms with Crippen LogP contribution in [0.15, 0.2) is 28.7 Å². The molecule has 0 aliphatic carbocycles. The minimum absolute atomic E-state index is 0.103. The highest BCUT2D eigenvalue weighted by molar-refractivity contribution is 5.99. The molecule has 0 unspecified atom stereocenters. The summed E-state index contributed by atoms with van der Waals surface area (Å²) in [6.07, 6.45) is 0. The van der Waals surface area contributed by atoms with Gasteiger partial charge in [0.1, 0.15) is 5.58 Å². The number of furan rings is 1. The number of nitrogens with one attached hydrogen (secondary N) is 1. The van der Waals surface area contributed by atoms with Crippen molar-refractivity contribution in [3.05, 3.63) is 35.6 Å². The molecule has 0 saturated heterocycles. The average molecular weight is 277 g/mol. The van der Waals surface area contributed by atoms with Crippen LogP contribution in [0.5, 0.6) is 0 Å². The third kappa shape index (κ3) is 2.69. The summed E-state index contributed by atoms with van der Waals surface area (Å²) in [5, 5.41) is 22.2. The Balaban J connectivity index is 2.34. The van der Waals surface area contributed by atoms with Crippen molar-refractivity contribution in [1.29, 1.82) is 0 Å². The Hall–Kier alpha value is -1.85. The Morgan fingerprint density at radius 1 is 1.30 bits per heavy atom. The molecule has 108 valence electrons. The highest BCUT2D eigenvalue weighted by atomic mass is 16.3. The normalized spacial score (nSPS) is 12.8. The fourth-order valence-corrected chi connectivity index (χ4v) is 2.10. The maximum atomic E-state index is 12.2. The number of carbonyl (C=O) groups is 1. The first kappa shape index (κ1) is 14.6. The lowest BCUT2D eigenvalue weighted by Crippen LogP contribution is -2.41. The molecule has 0 bridgehead atoms. The molecule has 1 atom stereocenters. The molecule has 0 aliphatic rings. The third-order valence-electron chi connectivity index (χ3n) is 3.38. The average Bonchev–Trinajstić information content (AvgIpc) is 2.82. The number of fused-ring (bicyclic) bond motifs is 1. The molecular formula is C15H19NO4. The quantitative estimate of drug-likeness (QED) is 0.776. The molecular weight excluding hydrogens is 258 g/mol. The van der Waals surface area contributed by atoms with Crippen molar-refractivity contribution in [1.82, 2.24) is 5.32 Å². The van der Waals surface area contributed by atoms with E-state index in [4.69, 9.17) is 4.42 Å². The van der Waals surface area contributed by atoms with E-state index in [9.17, 15) is 15.0 Å². The molecule has 20 heavy (non-hydrogen) atoms. The lowest BCUT2D eigenvalue weighted by molar-refractivity contribution is 0.0867. The van der Waals surface area contributed by atoms with E-state index in [2.05, 4.69) is 5.32 Å². The molecule has 0 fully saturated rings. The molecule has 1 aromatic carbocycles. The minimum Gasteiger partial charge on any atom is -0.451 e. The Bertz CT molecular complexity index is 603. The molecule has 2 rings (SSSR count). The van der Waals surface area contributed by atoms with E-state index in [1.54, 1.807) is 18.2 Å². The van der Waals surface area contributed by atoms with Crippen LogP contribution >= 0.6 is 0 Å². The van der Waals surface area contributed by atoms with Crippen LogP contribution in [0.3, 0.4) is 0 Å². The van der Waals surface area contributed by atoms with E-state index in [1.807, 2.05) is 19.9 Å². The van der Waals surface area contributed by atoms with Crippen molar-refractivity contribution in [2.24, 2.45) is 5.92 Å². The standard InChI is InChI=1S/C15H19NO4/c1-9(2)12(8-18)16-15(19)14-11(7-17)10-5-3-4-6-13(10)20-14/h3-6,9,12,17-18H,7-8H2,1-2H3,(H,16,19)/t12-/m1/s1. The van der Waals surface area contributed by atoms with Crippen molar-refractivity contribution in [3.8, 4) is 0 Å². The summed E-state index contributed by atoms with van der Waals surface area (Å²) in [7, 11) is 0. The summed E-state index contributed by atoms with van der Waals surface area (Å²) in [5.74, 6) is -0.211. The topological polar surface area (TPSA) is 82.7 Å². The molecule has 3 N–H and O–H groups in total. The fourth-order valence-electron chi connectivity index (χ4n) is 2.10. The van der Waals surface area contributed by atoms with Crippen molar-refractivity contribution in [3.63, 3.8) is 0 Å². The van der Waals surface area contributed by atoms with Gasteiger partial charge in [0.05, 0.1) is 19.3 Å². The van der Waals surface area contributed by atoms with Crippen LogP contribution in [0.1, 0.15) is 30.0 Å². The second-order valence-corrected chi connectivity index (χ2v) is 5.07. The van der Waals surface area contributed by atoms with Crippen LogP contribution in [-0.2, 0) is 6.61 Å². The molecule has 5 nitrogen and oxygen atoms in total. The van der Waals surface area contributed by atoms with E-state index in [0.29, 0.717) is 11.1 Å². The first-order valence-corrected chi connectivity index (χ1v) is 6.61. The van der Waals surface area contributed by atoms with Gasteiger partial charge in [-0.25, -0.2) is 0 Å². The summed E-state index contributed by atoms with van der Waals surface area (Å²) in [5.41, 5.74) is 1.03. The predicted octanol–water partition coefficient (Wildman–Crippen LogP) is 1.67. The number of rotatable bonds is 5. The van der Waals surface area contributed by atoms with E-state index >= 15 is 0 Å². The predicted molar refractivity (Wildman–Crippen MR) is 75.3 cm³/mol. The zero-order valence-electron chi connectivity index (χ0n) is 11.6. The van der Waals surface area contributed by atoms with Gasteiger partial charge in [0, 0.05) is 10.9 Å². The molecule has 5 heteroatoms. The summed E-state index contributed by atoms with van der Waals surface area (Å²) >= 11 is 0. The zero-order valence-corrected chi connectivity index (χ0v) is 11.6. The van der Waals surface area contributed by atoms with Crippen molar-refractivity contribution >= 4 is 16.9 Å². The molecule has 0 saturated carbocycles. The first-order chi connectivity index (χ1) is 9.58. The van der Waals surface area contributed by atoms with E-state index in [1.165, 1.54) is 0 Å². The van der Waals surface area contributed by atoms with E-state index in [0.717, 1.165) is 5.39 Å². The maximum Gasteiger partial charge on any atom is 0.287 e. The molecule has 0 radical (unpaired) electrons. The van der Waals surface area contributed by atoms with Crippen molar-refractivity contribution in [2.45, 2.75) is 26.5 Å². The van der Waals surface area contributed by atoms with Gasteiger partial charge in [-0.1, -0.05) is 32.0 Å². The van der Waals surface area contributed by atoms with Gasteiger partial charge in [0.2, 0.25) is 0 Å². The van der Waals surface area contributed by atoms with Crippen LogP contribution in [0, 0.1) is 5.92 Å². The largest absolute Gasteiger partial charge is 0.451 e. The molecule has 1 amide bonds. The number of hydrogen-bond acceptors (Lipinski definition) is 4. The Morgan fingerprint density at radius 3 is 2.60 bits per heavy atom. The first-order valence-electron chi connectivity index (χ1n) is 6.61. The number of hydrogen-bond donors (Lipinski definition) is 3. The van der Waals surface area contributed by atoms with Gasteiger partial charge in [0.25, 0.3) is 5.91 Å². The molecule has 1 heterocycles. The number of aliphatic hydroxyl groups is 2. The number of carbonyl (C=O) groups excluding carboxylic acids is 1. The summed E-state index contributed by atoms with van der Waals surface area (Å²) in [6, 6.07) is 6.83. The van der Waals surface area contributed by atoms with Crippen molar-refractivity contribution in [2.75, 3.05) is 6.61 Å². The van der Waals surface area contributed by atoms with Crippen LogP contribution in [0.2, 0.25) is 0 Å². The maximum absolute atomic E-state index is 12.2.